The maximum Gasteiger partial charge on any atom is 0.140 e. The molecule has 2 aromatic rings. The van der Waals surface area contributed by atoms with E-state index in [1.807, 2.05) is 65.3 Å². The molecule has 1 aromatic carbocycles. The van der Waals surface area contributed by atoms with Gasteiger partial charge in [0.2, 0.25) is 0 Å². The summed E-state index contributed by atoms with van der Waals surface area (Å²) in [6, 6.07) is 5.90. The van der Waals surface area contributed by atoms with Crippen LogP contribution in [0.2, 0.25) is 0 Å². The molecule has 0 saturated heterocycles. The lowest BCUT2D eigenvalue weighted by molar-refractivity contribution is -0.0597. The minimum atomic E-state index is -0.640. The highest BCUT2D eigenvalue weighted by atomic mass is 32.2. The van der Waals surface area contributed by atoms with E-state index < -0.39 is 17.8 Å². The number of nitrogens with one attached hydrogen (secondary N) is 1. The van der Waals surface area contributed by atoms with Crippen LogP contribution in [0.15, 0.2) is 36.7 Å². The van der Waals surface area contributed by atoms with E-state index in [4.69, 9.17) is 4.74 Å². The first-order valence-corrected chi connectivity index (χ1v) is 11.4. The van der Waals surface area contributed by atoms with E-state index in [2.05, 4.69) is 16.3 Å². The van der Waals surface area contributed by atoms with Crippen LogP contribution in [0, 0.1) is 6.92 Å². The molecule has 0 spiro atoms. The molecule has 2 atom stereocenters. The van der Waals surface area contributed by atoms with E-state index in [-0.39, 0.29) is 5.76 Å². The number of anilines is 1. The van der Waals surface area contributed by atoms with Crippen LogP contribution in [0.3, 0.4) is 0 Å². The molecule has 1 heterocycles. The van der Waals surface area contributed by atoms with E-state index in [0.717, 1.165) is 45.6 Å². The minimum absolute atomic E-state index is 0.0329. The largest absolute Gasteiger partial charge is 0.510 e. The third-order valence-electron chi connectivity index (χ3n) is 4.86. The molecule has 5 nitrogen and oxygen atoms in total. The SMILES string of the molecule is C=C(O)[C@H](OC(C)(C)C)c1ccc(-c2cnc(CC)cc2C(C)O)c(NSC)c1C. The first-order chi connectivity index (χ1) is 14.0. The van der Waals surface area contributed by atoms with Gasteiger partial charge < -0.3 is 19.7 Å². The second-order valence-electron chi connectivity index (χ2n) is 8.40. The summed E-state index contributed by atoms with van der Waals surface area (Å²) >= 11 is 1.48. The Balaban J connectivity index is 2.70. The van der Waals surface area contributed by atoms with Crippen LogP contribution in [-0.4, -0.2) is 27.1 Å². The van der Waals surface area contributed by atoms with Crippen LogP contribution in [0.1, 0.15) is 69.2 Å². The molecule has 3 N–H and O–H groups in total. The number of hydrogen-bond donors (Lipinski definition) is 3. The molecule has 164 valence electrons. The molecular weight excluding hydrogens is 396 g/mol. The topological polar surface area (TPSA) is 74.6 Å². The zero-order chi connectivity index (χ0) is 22.6. The van der Waals surface area contributed by atoms with Gasteiger partial charge in [0.05, 0.1) is 17.4 Å². The average Bonchev–Trinajstić information content (AvgIpc) is 2.66. The lowest BCUT2D eigenvalue weighted by atomic mass is 9.91. The number of aliphatic hydroxyl groups excluding tert-OH is 2. The number of aryl methyl sites for hydroxylation is 1. The highest BCUT2D eigenvalue weighted by molar-refractivity contribution is 7.99. The van der Waals surface area contributed by atoms with Crippen LogP contribution in [0.25, 0.3) is 11.1 Å². The first-order valence-electron chi connectivity index (χ1n) is 10.2. The zero-order valence-corrected chi connectivity index (χ0v) is 19.9. The molecule has 0 saturated carbocycles. The number of aromatic nitrogens is 1. The molecule has 0 bridgehead atoms. The predicted molar refractivity (Wildman–Crippen MR) is 127 cm³/mol. The van der Waals surface area contributed by atoms with E-state index in [9.17, 15) is 10.2 Å². The van der Waals surface area contributed by atoms with Crippen molar-refractivity contribution in [1.29, 1.82) is 0 Å². The Hall–Kier alpha value is -2.02. The minimum Gasteiger partial charge on any atom is -0.510 e. The third kappa shape index (κ3) is 5.56. The highest BCUT2D eigenvalue weighted by Gasteiger charge is 2.27. The molecule has 6 heteroatoms. The lowest BCUT2D eigenvalue weighted by Crippen LogP contribution is -2.24. The maximum atomic E-state index is 10.4. The number of benzene rings is 1. The fraction of sp³-hybridized carbons (Fsp3) is 0.458. The molecule has 30 heavy (non-hydrogen) atoms. The average molecular weight is 431 g/mol. The third-order valence-corrected chi connectivity index (χ3v) is 5.27. The van der Waals surface area contributed by atoms with E-state index in [0.29, 0.717) is 0 Å². The summed E-state index contributed by atoms with van der Waals surface area (Å²) in [6.07, 6.45) is 3.33. The van der Waals surface area contributed by atoms with Crippen LogP contribution in [0.4, 0.5) is 5.69 Å². The summed E-state index contributed by atoms with van der Waals surface area (Å²) in [7, 11) is 0. The Kier molecular flexibility index (Phi) is 7.97. The summed E-state index contributed by atoms with van der Waals surface area (Å²) in [4.78, 5) is 4.56. The van der Waals surface area contributed by atoms with Crippen LogP contribution in [0.5, 0.6) is 0 Å². The fourth-order valence-corrected chi connectivity index (χ4v) is 3.88. The number of rotatable bonds is 8. The van der Waals surface area contributed by atoms with Gasteiger partial charge in [-0.25, -0.2) is 0 Å². The Morgan fingerprint density at radius 1 is 1.27 bits per heavy atom. The van der Waals surface area contributed by atoms with Crippen molar-refractivity contribution >= 4 is 17.6 Å². The van der Waals surface area contributed by atoms with Gasteiger partial charge in [0.15, 0.2) is 0 Å². The molecule has 0 aliphatic carbocycles. The van der Waals surface area contributed by atoms with Crippen molar-refractivity contribution in [3.8, 4) is 11.1 Å². The van der Waals surface area contributed by atoms with Crippen molar-refractivity contribution in [2.75, 3.05) is 11.0 Å². The molecule has 0 fully saturated rings. The van der Waals surface area contributed by atoms with Crippen LogP contribution >= 0.6 is 11.9 Å². The van der Waals surface area contributed by atoms with Gasteiger partial charge in [-0.15, -0.1) is 0 Å². The molecule has 0 aliphatic heterocycles. The molecule has 0 amide bonds. The Bertz CT molecular complexity index is 904. The van der Waals surface area contributed by atoms with E-state index >= 15 is 0 Å². The van der Waals surface area contributed by atoms with Crippen molar-refractivity contribution in [2.45, 2.75) is 65.8 Å². The van der Waals surface area contributed by atoms with Crippen molar-refractivity contribution in [3.05, 3.63) is 59.1 Å². The normalized spacial score (nSPS) is 13.7. The second kappa shape index (κ2) is 9.86. The number of nitrogens with zero attached hydrogens (tertiary/aromatic N) is 1. The summed E-state index contributed by atoms with van der Waals surface area (Å²) < 4.78 is 9.48. The lowest BCUT2D eigenvalue weighted by Gasteiger charge is -2.29. The van der Waals surface area contributed by atoms with Crippen LogP contribution in [-0.2, 0) is 11.2 Å². The monoisotopic (exact) mass is 430 g/mol. The first kappa shape index (κ1) is 24.3. The standard InChI is InChI=1S/C24H34N2O3S/c1-9-17-12-20(15(3)27)21(13-25-17)19-11-10-18(14(2)22(19)26-30-8)23(16(4)28)29-24(5,6)7/h10-13,15,23,26-28H,4,9H2,1-3,5-8H3/t15?,23-/m0/s1. The molecule has 0 aliphatic rings. The highest BCUT2D eigenvalue weighted by Crippen LogP contribution is 2.41. The Morgan fingerprint density at radius 2 is 1.93 bits per heavy atom. The van der Waals surface area contributed by atoms with Gasteiger partial charge in [0, 0.05) is 29.3 Å². The molecule has 2 rings (SSSR count). The van der Waals surface area contributed by atoms with Gasteiger partial charge >= 0.3 is 0 Å². The Labute approximate surface area is 184 Å². The van der Waals surface area contributed by atoms with Gasteiger partial charge in [0.25, 0.3) is 0 Å². The summed E-state index contributed by atoms with van der Waals surface area (Å²) in [5.74, 6) is -0.0329. The van der Waals surface area contributed by atoms with Gasteiger partial charge in [0.1, 0.15) is 11.9 Å². The summed E-state index contributed by atoms with van der Waals surface area (Å²) in [5, 5.41) is 20.6. The van der Waals surface area contributed by atoms with Crippen molar-refractivity contribution < 1.29 is 14.9 Å². The second-order valence-corrected chi connectivity index (χ2v) is 9.01. The summed E-state index contributed by atoms with van der Waals surface area (Å²) in [5.41, 5.74) is 5.84. The van der Waals surface area contributed by atoms with E-state index in [1.165, 1.54) is 11.9 Å². The maximum absolute atomic E-state index is 10.4. The van der Waals surface area contributed by atoms with Crippen LogP contribution < -0.4 is 4.72 Å². The Morgan fingerprint density at radius 3 is 2.43 bits per heavy atom. The number of aliphatic hydroxyl groups is 2. The van der Waals surface area contributed by atoms with Gasteiger partial charge in [-0.1, -0.05) is 37.6 Å². The summed E-state index contributed by atoms with van der Waals surface area (Å²) in [6.45, 7) is 15.4. The molecule has 1 unspecified atom stereocenters. The zero-order valence-electron chi connectivity index (χ0n) is 19.0. The predicted octanol–water partition coefficient (Wildman–Crippen LogP) is 6.29. The number of pyridine rings is 1. The van der Waals surface area contributed by atoms with Gasteiger partial charge in [-0.3, -0.25) is 4.98 Å². The fourth-order valence-electron chi connectivity index (χ4n) is 3.41. The van der Waals surface area contributed by atoms with Crippen molar-refractivity contribution in [3.63, 3.8) is 0 Å². The van der Waals surface area contributed by atoms with Gasteiger partial charge in [-0.05, 0) is 63.8 Å². The van der Waals surface area contributed by atoms with Crippen molar-refractivity contribution in [2.24, 2.45) is 0 Å². The molecular formula is C24H34N2O3S. The van der Waals surface area contributed by atoms with Gasteiger partial charge in [-0.2, -0.15) is 0 Å². The smallest absolute Gasteiger partial charge is 0.140 e. The molecule has 1 aromatic heterocycles. The molecule has 0 radical (unpaired) electrons. The number of ether oxygens (including phenoxy) is 1. The quantitative estimate of drug-likeness (QED) is 0.337. The van der Waals surface area contributed by atoms with Crippen molar-refractivity contribution in [1.82, 2.24) is 4.98 Å². The number of hydrogen-bond acceptors (Lipinski definition) is 6. The van der Waals surface area contributed by atoms with E-state index in [1.54, 1.807) is 6.92 Å².